The monoisotopic (exact) mass is 1000 g/mol. The molecule has 16 nitrogen and oxygen atoms in total. The van der Waals surface area contributed by atoms with E-state index in [0.29, 0.717) is 24.0 Å². The molecule has 0 unspecified atom stereocenters. The number of hydrogen-bond donors (Lipinski definition) is 7. The third-order valence-electron chi connectivity index (χ3n) is 15.9. The lowest BCUT2D eigenvalue weighted by Crippen LogP contribution is -2.60. The van der Waals surface area contributed by atoms with Gasteiger partial charge in [-0.3, -0.25) is 33.6 Å². The Balaban J connectivity index is 1.16. The number of nitrogens with one attached hydrogen (secondary N) is 7. The largest absolute Gasteiger partial charge is 0.347 e. The van der Waals surface area contributed by atoms with E-state index in [-0.39, 0.29) is 73.5 Å². The van der Waals surface area contributed by atoms with Crippen LogP contribution in [0.1, 0.15) is 149 Å². The van der Waals surface area contributed by atoms with E-state index in [1.807, 2.05) is 77.1 Å². The third kappa shape index (κ3) is 12.5. The predicted octanol–water partition coefficient (Wildman–Crippen LogP) is 4.69. The van der Waals surface area contributed by atoms with E-state index >= 15 is 4.79 Å². The number of benzene rings is 3. The zero-order valence-corrected chi connectivity index (χ0v) is 44.4. The van der Waals surface area contributed by atoms with Gasteiger partial charge in [-0.1, -0.05) is 102 Å². The quantitative estimate of drug-likeness (QED) is 0.0999. The third-order valence-corrected chi connectivity index (χ3v) is 15.9. The lowest BCUT2D eigenvalue weighted by molar-refractivity contribution is -0.146. The highest BCUT2D eigenvalue weighted by Crippen LogP contribution is 2.34. The summed E-state index contributed by atoms with van der Waals surface area (Å²) in [5.41, 5.74) is 5.60. The summed E-state index contributed by atoms with van der Waals surface area (Å²) in [6.45, 7) is 13.1. The van der Waals surface area contributed by atoms with Crippen molar-refractivity contribution in [1.82, 2.24) is 47.0 Å². The molecule has 3 aromatic rings. The van der Waals surface area contributed by atoms with Crippen LogP contribution in [-0.2, 0) is 54.6 Å². The number of likely N-dealkylation sites (N-methyl/N-ethyl adjacent to an activating group) is 2. The second-order valence-electron chi connectivity index (χ2n) is 21.8. The zero-order chi connectivity index (χ0) is 52.7. The van der Waals surface area contributed by atoms with Crippen LogP contribution in [0.2, 0.25) is 0 Å². The molecule has 394 valence electrons. The second-order valence-corrected chi connectivity index (χ2v) is 21.8. The summed E-state index contributed by atoms with van der Waals surface area (Å²) in [4.78, 5) is 103. The van der Waals surface area contributed by atoms with Crippen molar-refractivity contribution >= 4 is 41.4 Å². The van der Waals surface area contributed by atoms with Crippen LogP contribution >= 0.6 is 0 Å². The van der Waals surface area contributed by atoms with Crippen molar-refractivity contribution in [1.29, 1.82) is 0 Å². The highest BCUT2D eigenvalue weighted by molar-refractivity contribution is 5.97. The van der Waals surface area contributed by atoms with Crippen molar-refractivity contribution in [3.05, 3.63) is 106 Å². The minimum atomic E-state index is -0.976. The molecule has 0 aromatic heterocycles. The van der Waals surface area contributed by atoms with Crippen LogP contribution in [0.3, 0.4) is 0 Å². The van der Waals surface area contributed by atoms with Gasteiger partial charge < -0.3 is 47.0 Å². The molecular weight excluding hydrogens is 923 g/mol. The first-order valence-corrected chi connectivity index (χ1v) is 26.6. The normalized spacial score (nSPS) is 22.1. The number of nitrogens with zero attached hydrogens (tertiary/aromatic N) is 2. The van der Waals surface area contributed by atoms with E-state index in [0.717, 1.165) is 55.2 Å². The molecule has 2 aliphatic carbocycles. The number of fused-ring (bicyclic) bond motifs is 3. The molecule has 4 aliphatic rings. The fourth-order valence-electron chi connectivity index (χ4n) is 11.2. The number of carbonyl (C=O) groups is 7. The molecule has 0 spiro atoms. The number of amides is 7. The number of likely N-dealkylation sites (tertiary alicyclic amines) is 1. The molecule has 7 amide bonds. The molecule has 73 heavy (non-hydrogen) atoms. The fraction of sp³-hybridized carbons (Fsp3) is 0.561. The molecule has 1 fully saturated rings. The fourth-order valence-corrected chi connectivity index (χ4v) is 11.2. The van der Waals surface area contributed by atoms with E-state index in [1.165, 1.54) is 16.0 Å². The van der Waals surface area contributed by atoms with Crippen LogP contribution in [-0.4, -0.2) is 114 Å². The van der Waals surface area contributed by atoms with Gasteiger partial charge in [-0.25, -0.2) is 0 Å². The molecule has 7 N–H and O–H groups in total. The Hall–Kier alpha value is -6.13. The standard InChI is InChI=1S/C57H79N9O7/c1-10-35(11-2)48(63-50(67)33(3)58-8)55(72)65-31-40-28-39(27-26-38(40)29-46(65)53(70)61-44-24-16-20-36-18-12-14-22-42(36)44)52(69)60-41-30-47(54(71)62-45-25-17-21-37-19-13-15-23-43(37)45)66(32-41)56(73)49(57(5,6)7)64-51(68)34(4)59-9/h12-15,18-19,22-23,26-28,33-35,41,44-49,58-59H,10-11,16-17,20-21,24-25,29-32H2,1-9H3,(H,60,69)(H,61,70)(H,62,71)(H,63,67)(H,64,68)/t33-,34-,41-,44+,45+,46-,47-,48-,49+/m0/s1. The summed E-state index contributed by atoms with van der Waals surface area (Å²) in [5, 5.41) is 21.5. The highest BCUT2D eigenvalue weighted by atomic mass is 16.2. The maximum atomic E-state index is 15.1. The lowest BCUT2D eigenvalue weighted by atomic mass is 9.85. The maximum Gasteiger partial charge on any atom is 0.251 e. The number of rotatable bonds is 17. The minimum Gasteiger partial charge on any atom is -0.347 e. The van der Waals surface area contributed by atoms with Crippen LogP contribution in [0.4, 0.5) is 0 Å². The topological polar surface area (TPSA) is 210 Å². The summed E-state index contributed by atoms with van der Waals surface area (Å²) in [7, 11) is 3.35. The Morgan fingerprint density at radius 1 is 0.644 bits per heavy atom. The summed E-state index contributed by atoms with van der Waals surface area (Å²) in [6, 6.07) is 15.6. The van der Waals surface area contributed by atoms with E-state index in [2.05, 4.69) is 49.4 Å². The van der Waals surface area contributed by atoms with Crippen LogP contribution in [0, 0.1) is 11.3 Å². The van der Waals surface area contributed by atoms with Gasteiger partial charge in [0.25, 0.3) is 5.91 Å². The number of hydrogen-bond acceptors (Lipinski definition) is 9. The van der Waals surface area contributed by atoms with E-state index in [1.54, 1.807) is 45.0 Å². The number of aryl methyl sites for hydroxylation is 2. The van der Waals surface area contributed by atoms with Gasteiger partial charge in [0.1, 0.15) is 24.2 Å². The van der Waals surface area contributed by atoms with Gasteiger partial charge in [-0.2, -0.15) is 0 Å². The van der Waals surface area contributed by atoms with Gasteiger partial charge in [0.05, 0.1) is 24.2 Å². The Labute approximate surface area is 431 Å². The van der Waals surface area contributed by atoms with Crippen molar-refractivity contribution < 1.29 is 33.6 Å². The molecule has 7 rings (SSSR count). The van der Waals surface area contributed by atoms with Gasteiger partial charge in [0.15, 0.2) is 0 Å². The highest BCUT2D eigenvalue weighted by Gasteiger charge is 2.47. The molecule has 9 atom stereocenters. The Morgan fingerprint density at radius 2 is 1.19 bits per heavy atom. The minimum absolute atomic E-state index is 0.0209. The van der Waals surface area contributed by atoms with Crippen molar-refractivity contribution in [3.63, 3.8) is 0 Å². The molecular formula is C57H79N9O7. The molecule has 1 saturated heterocycles. The Kier molecular flexibility index (Phi) is 17.8. The molecule has 0 bridgehead atoms. The van der Waals surface area contributed by atoms with Gasteiger partial charge in [-0.05, 0) is 130 Å². The van der Waals surface area contributed by atoms with Gasteiger partial charge in [0.2, 0.25) is 35.4 Å². The van der Waals surface area contributed by atoms with E-state index in [9.17, 15) is 28.8 Å². The van der Waals surface area contributed by atoms with Crippen molar-refractivity contribution in [2.45, 2.75) is 174 Å². The van der Waals surface area contributed by atoms with Crippen molar-refractivity contribution in [2.24, 2.45) is 11.3 Å². The van der Waals surface area contributed by atoms with Crippen LogP contribution < -0.4 is 37.2 Å². The first kappa shape index (κ1) is 54.6. The van der Waals surface area contributed by atoms with Crippen molar-refractivity contribution in [2.75, 3.05) is 20.6 Å². The van der Waals surface area contributed by atoms with Crippen LogP contribution in [0.25, 0.3) is 0 Å². The average molecular weight is 1000 g/mol. The van der Waals surface area contributed by atoms with E-state index < -0.39 is 59.5 Å². The first-order valence-electron chi connectivity index (χ1n) is 26.6. The molecule has 2 aliphatic heterocycles. The summed E-state index contributed by atoms with van der Waals surface area (Å²) in [5.74, 6) is -2.70. The lowest BCUT2D eigenvalue weighted by Gasteiger charge is -2.40. The SMILES string of the molecule is CCC(CC)[C@H](NC(=O)[C@H](C)NC)C(=O)N1Cc2cc(C(=O)N[C@H]3C[C@@H](C(=O)N[C@@H]4CCCc5ccccc54)N(C(=O)[C@@H](NC(=O)[C@H](C)NC)C(C)(C)C)C3)ccc2C[C@H]1C(=O)N[C@@H]1CCCc2ccccc21. The Bertz CT molecular complexity index is 2520. The maximum absolute atomic E-state index is 15.1. The van der Waals surface area contributed by atoms with Gasteiger partial charge in [-0.15, -0.1) is 0 Å². The van der Waals surface area contributed by atoms with Crippen LogP contribution in [0.15, 0.2) is 66.7 Å². The predicted molar refractivity (Wildman–Crippen MR) is 281 cm³/mol. The smallest absolute Gasteiger partial charge is 0.251 e. The van der Waals surface area contributed by atoms with E-state index in [4.69, 9.17) is 0 Å². The van der Waals surface area contributed by atoms with Crippen LogP contribution in [0.5, 0.6) is 0 Å². The zero-order valence-electron chi connectivity index (χ0n) is 44.4. The average Bonchev–Trinajstić information content (AvgIpc) is 3.82. The summed E-state index contributed by atoms with van der Waals surface area (Å²) in [6.07, 6.45) is 6.75. The molecule has 0 radical (unpaired) electrons. The molecule has 3 aromatic carbocycles. The molecule has 0 saturated carbocycles. The summed E-state index contributed by atoms with van der Waals surface area (Å²) < 4.78 is 0. The molecule has 2 heterocycles. The first-order chi connectivity index (χ1) is 34.9. The number of carbonyl (C=O) groups excluding carboxylic acids is 7. The van der Waals surface area contributed by atoms with Crippen molar-refractivity contribution in [3.8, 4) is 0 Å². The van der Waals surface area contributed by atoms with Gasteiger partial charge in [0, 0.05) is 31.1 Å². The van der Waals surface area contributed by atoms with Gasteiger partial charge >= 0.3 is 0 Å². The molecule has 16 heteroatoms. The second kappa shape index (κ2) is 23.8. The summed E-state index contributed by atoms with van der Waals surface area (Å²) >= 11 is 0. The Morgan fingerprint density at radius 3 is 1.74 bits per heavy atom.